The van der Waals surface area contributed by atoms with Crippen LogP contribution in [0.15, 0.2) is 35.5 Å². The largest absolute Gasteiger partial charge is 0.378 e. The van der Waals surface area contributed by atoms with E-state index >= 15 is 0 Å². The number of aromatic nitrogens is 3. The van der Waals surface area contributed by atoms with Gasteiger partial charge in [-0.15, -0.1) is 11.3 Å². The molecule has 1 aliphatic heterocycles. The molecule has 9 nitrogen and oxygen atoms in total. The molecular formula is C20H21N5O4S. The Balaban J connectivity index is 1.54. The molecule has 0 aliphatic carbocycles. The molecule has 1 aliphatic rings. The van der Waals surface area contributed by atoms with Gasteiger partial charge in [0.2, 0.25) is 5.91 Å². The van der Waals surface area contributed by atoms with Gasteiger partial charge in [-0.25, -0.2) is 4.98 Å². The average molecular weight is 427 g/mol. The van der Waals surface area contributed by atoms with Crippen LogP contribution in [0.3, 0.4) is 0 Å². The van der Waals surface area contributed by atoms with E-state index in [0.29, 0.717) is 53.5 Å². The minimum atomic E-state index is -0.320. The number of nitrogens with zero attached hydrogens (tertiary/aromatic N) is 4. The predicted octanol–water partition coefficient (Wildman–Crippen LogP) is 0.950. The van der Waals surface area contributed by atoms with Crippen molar-refractivity contribution >= 4 is 33.4 Å². The highest BCUT2D eigenvalue weighted by Crippen LogP contribution is 2.26. The van der Waals surface area contributed by atoms with Crippen LogP contribution in [0, 0.1) is 6.92 Å². The number of hydrogen-bond donors (Lipinski definition) is 1. The van der Waals surface area contributed by atoms with Crippen molar-refractivity contribution in [3.63, 3.8) is 0 Å². The summed E-state index contributed by atoms with van der Waals surface area (Å²) in [5.74, 6) is -0.431. The van der Waals surface area contributed by atoms with Gasteiger partial charge in [-0.1, -0.05) is 6.07 Å². The molecule has 4 rings (SSSR count). The van der Waals surface area contributed by atoms with Crippen LogP contribution in [0.25, 0.3) is 10.2 Å². The quantitative estimate of drug-likeness (QED) is 0.650. The lowest BCUT2D eigenvalue weighted by Crippen LogP contribution is -2.43. The monoisotopic (exact) mass is 427 g/mol. The second-order valence-electron chi connectivity index (χ2n) is 6.91. The predicted molar refractivity (Wildman–Crippen MR) is 111 cm³/mol. The summed E-state index contributed by atoms with van der Waals surface area (Å²) < 4.78 is 6.56. The summed E-state index contributed by atoms with van der Waals surface area (Å²) in [5, 5.41) is 3.20. The Morgan fingerprint density at radius 1 is 1.23 bits per heavy atom. The van der Waals surface area contributed by atoms with Crippen molar-refractivity contribution in [1.82, 2.24) is 24.8 Å². The van der Waals surface area contributed by atoms with Gasteiger partial charge in [0.05, 0.1) is 42.0 Å². The first kappa shape index (κ1) is 20.2. The Bertz CT molecular complexity index is 1140. The standard InChI is InChI=1S/C20H21N5O4S/c1-13-16-19(30-17(13)18(27)22-10-14-4-2-3-5-21-14)23-12-25(20(16)28)11-15(26)24-6-8-29-9-7-24/h2-5,12H,6-11H2,1H3,(H,22,27). The first-order valence-electron chi connectivity index (χ1n) is 9.57. The van der Waals surface area contributed by atoms with Gasteiger partial charge in [-0.05, 0) is 24.6 Å². The molecule has 0 bridgehead atoms. The van der Waals surface area contributed by atoms with Gasteiger partial charge in [-0.3, -0.25) is 23.9 Å². The second kappa shape index (κ2) is 8.72. The van der Waals surface area contributed by atoms with Gasteiger partial charge in [-0.2, -0.15) is 0 Å². The van der Waals surface area contributed by atoms with Crippen LogP contribution in [-0.4, -0.2) is 57.6 Å². The normalized spacial score (nSPS) is 14.1. The molecule has 3 aromatic heterocycles. The van der Waals surface area contributed by atoms with Crippen molar-refractivity contribution in [3.05, 3.63) is 57.2 Å². The van der Waals surface area contributed by atoms with E-state index in [0.717, 1.165) is 5.69 Å². The molecule has 2 amide bonds. The second-order valence-corrected chi connectivity index (χ2v) is 7.91. The number of fused-ring (bicyclic) bond motifs is 1. The topological polar surface area (TPSA) is 106 Å². The molecule has 156 valence electrons. The zero-order valence-electron chi connectivity index (χ0n) is 16.5. The van der Waals surface area contributed by atoms with Crippen molar-refractivity contribution in [2.45, 2.75) is 20.0 Å². The van der Waals surface area contributed by atoms with Gasteiger partial charge in [0.15, 0.2) is 0 Å². The van der Waals surface area contributed by atoms with Crippen molar-refractivity contribution in [1.29, 1.82) is 0 Å². The van der Waals surface area contributed by atoms with Gasteiger partial charge in [0.25, 0.3) is 11.5 Å². The van der Waals surface area contributed by atoms with Crippen LogP contribution in [0.1, 0.15) is 20.9 Å². The summed E-state index contributed by atoms with van der Waals surface area (Å²) in [4.78, 5) is 49.2. The van der Waals surface area contributed by atoms with Crippen molar-refractivity contribution < 1.29 is 14.3 Å². The van der Waals surface area contributed by atoms with Crippen LogP contribution in [0.2, 0.25) is 0 Å². The Labute approximate surface area is 176 Å². The van der Waals surface area contributed by atoms with Crippen LogP contribution in [-0.2, 0) is 22.6 Å². The minimum absolute atomic E-state index is 0.0851. The maximum atomic E-state index is 13.0. The number of rotatable bonds is 5. The molecule has 0 radical (unpaired) electrons. The van der Waals surface area contributed by atoms with Crippen molar-refractivity contribution in [2.75, 3.05) is 26.3 Å². The summed E-state index contributed by atoms with van der Waals surface area (Å²) in [6.45, 7) is 3.96. The number of carbonyl (C=O) groups is 2. The molecule has 0 spiro atoms. The number of morpholine rings is 1. The molecule has 1 fully saturated rings. The lowest BCUT2D eigenvalue weighted by molar-refractivity contribution is -0.135. The first-order valence-corrected chi connectivity index (χ1v) is 10.4. The van der Waals surface area contributed by atoms with Crippen molar-refractivity contribution in [2.24, 2.45) is 0 Å². The van der Waals surface area contributed by atoms with Gasteiger partial charge < -0.3 is 15.0 Å². The zero-order chi connectivity index (χ0) is 21.1. The van der Waals surface area contributed by atoms with E-state index in [2.05, 4.69) is 15.3 Å². The Morgan fingerprint density at radius 3 is 2.77 bits per heavy atom. The zero-order valence-corrected chi connectivity index (χ0v) is 17.3. The smallest absolute Gasteiger partial charge is 0.262 e. The Hall–Kier alpha value is -3.11. The number of aryl methyl sites for hydroxylation is 1. The van der Waals surface area contributed by atoms with Gasteiger partial charge >= 0.3 is 0 Å². The van der Waals surface area contributed by atoms with E-state index < -0.39 is 0 Å². The highest BCUT2D eigenvalue weighted by molar-refractivity contribution is 7.20. The minimum Gasteiger partial charge on any atom is -0.378 e. The number of carbonyl (C=O) groups excluding carboxylic acids is 2. The fraction of sp³-hybridized carbons (Fsp3) is 0.350. The van der Waals surface area contributed by atoms with Crippen LogP contribution in [0.4, 0.5) is 0 Å². The molecule has 0 unspecified atom stereocenters. The molecule has 3 aromatic rings. The number of amides is 2. The summed E-state index contributed by atoms with van der Waals surface area (Å²) >= 11 is 1.17. The SMILES string of the molecule is Cc1c(C(=O)NCc2ccccn2)sc2ncn(CC(=O)N3CCOCC3)c(=O)c12. The third-order valence-electron chi connectivity index (χ3n) is 4.95. The maximum Gasteiger partial charge on any atom is 0.262 e. The van der Waals surface area contributed by atoms with E-state index in [1.165, 1.54) is 22.2 Å². The number of hydrogen-bond acceptors (Lipinski definition) is 7. The highest BCUT2D eigenvalue weighted by Gasteiger charge is 2.22. The first-order chi connectivity index (χ1) is 14.5. The molecule has 0 aromatic carbocycles. The van der Waals surface area contributed by atoms with E-state index in [9.17, 15) is 14.4 Å². The van der Waals surface area contributed by atoms with Crippen LogP contribution in [0.5, 0.6) is 0 Å². The number of nitrogens with one attached hydrogen (secondary N) is 1. The molecular weight excluding hydrogens is 406 g/mol. The summed E-state index contributed by atoms with van der Waals surface area (Å²) in [6.07, 6.45) is 3.03. The molecule has 4 heterocycles. The Morgan fingerprint density at radius 2 is 2.03 bits per heavy atom. The number of thiophene rings is 1. The van der Waals surface area contributed by atoms with Crippen LogP contribution < -0.4 is 10.9 Å². The lowest BCUT2D eigenvalue weighted by atomic mass is 10.2. The average Bonchev–Trinajstić information content (AvgIpc) is 3.12. The van der Waals surface area contributed by atoms with Gasteiger partial charge in [0.1, 0.15) is 11.4 Å². The third-order valence-corrected chi connectivity index (χ3v) is 6.15. The third kappa shape index (κ3) is 4.10. The molecule has 1 saturated heterocycles. The number of ether oxygens (including phenoxy) is 1. The van der Waals surface area contributed by atoms with E-state index in [4.69, 9.17) is 4.74 Å². The van der Waals surface area contributed by atoms with Gasteiger partial charge in [0, 0.05) is 19.3 Å². The molecule has 30 heavy (non-hydrogen) atoms. The fourth-order valence-corrected chi connectivity index (χ4v) is 4.36. The van der Waals surface area contributed by atoms with E-state index in [-0.39, 0.29) is 23.9 Å². The lowest BCUT2D eigenvalue weighted by Gasteiger charge is -2.26. The number of pyridine rings is 1. The Kier molecular flexibility index (Phi) is 5.86. The summed E-state index contributed by atoms with van der Waals surface area (Å²) in [5.41, 5.74) is 0.991. The molecule has 1 N–H and O–H groups in total. The van der Waals surface area contributed by atoms with Crippen LogP contribution >= 0.6 is 11.3 Å². The summed E-state index contributed by atoms with van der Waals surface area (Å²) in [7, 11) is 0. The van der Waals surface area contributed by atoms with Crippen molar-refractivity contribution in [3.8, 4) is 0 Å². The molecule has 0 saturated carbocycles. The molecule has 10 heteroatoms. The molecule has 0 atom stereocenters. The maximum absolute atomic E-state index is 13.0. The highest BCUT2D eigenvalue weighted by atomic mass is 32.1. The van der Waals surface area contributed by atoms with E-state index in [1.807, 2.05) is 18.2 Å². The van der Waals surface area contributed by atoms with E-state index in [1.54, 1.807) is 18.0 Å². The fourth-order valence-electron chi connectivity index (χ4n) is 3.30. The summed E-state index contributed by atoms with van der Waals surface area (Å²) in [6, 6.07) is 5.48.